The fraction of sp³-hybridized carbons (Fsp3) is 0.182. The first-order valence-electron chi connectivity index (χ1n) is 10.3. The molecule has 4 heterocycles. The van der Waals surface area contributed by atoms with Crippen molar-refractivity contribution < 1.29 is 14.4 Å². The Morgan fingerprint density at radius 3 is 2.66 bits per heavy atom. The average Bonchev–Trinajstić information content (AvgIpc) is 3.52. The largest absolute Gasteiger partial charge is 0.278 e. The van der Waals surface area contributed by atoms with Crippen LogP contribution in [-0.2, 0) is 16.1 Å². The van der Waals surface area contributed by atoms with Crippen LogP contribution >= 0.6 is 0 Å². The van der Waals surface area contributed by atoms with E-state index in [0.29, 0.717) is 17.7 Å². The Bertz CT molecular complexity index is 1400. The van der Waals surface area contributed by atoms with Crippen molar-refractivity contribution in [1.29, 1.82) is 0 Å². The maximum atomic E-state index is 12.8. The molecule has 158 valence electrons. The summed E-state index contributed by atoms with van der Waals surface area (Å²) in [7, 11) is 0. The van der Waals surface area contributed by atoms with Crippen molar-refractivity contribution >= 4 is 28.6 Å². The second kappa shape index (κ2) is 6.84. The number of hydrogen-bond donors (Lipinski definition) is 1. The molecule has 10 heteroatoms. The Kier molecular flexibility index (Phi) is 3.94. The highest BCUT2D eigenvalue weighted by molar-refractivity contribution is 6.04. The van der Waals surface area contributed by atoms with Crippen LogP contribution in [0.3, 0.4) is 0 Å². The molecule has 2 aliphatic rings. The molecule has 0 atom stereocenters. The molecular weight excluding hydrogens is 410 g/mol. The number of H-pyrrole nitrogens is 1. The number of piperidine rings is 1. The third kappa shape index (κ3) is 2.80. The number of aromatic nitrogens is 5. The number of amides is 3. The molecule has 2 aliphatic heterocycles. The van der Waals surface area contributed by atoms with Gasteiger partial charge in [0, 0.05) is 29.4 Å². The van der Waals surface area contributed by atoms with Gasteiger partial charge in [-0.15, -0.1) is 5.10 Å². The minimum Gasteiger partial charge on any atom is -0.278 e. The second-order valence-electron chi connectivity index (χ2n) is 7.88. The summed E-state index contributed by atoms with van der Waals surface area (Å²) in [4.78, 5) is 37.4. The molecule has 2 aromatic carbocycles. The first-order chi connectivity index (χ1) is 15.6. The van der Waals surface area contributed by atoms with Crippen molar-refractivity contribution in [3.05, 3.63) is 59.9 Å². The van der Waals surface area contributed by atoms with Gasteiger partial charge in [-0.25, -0.2) is 9.69 Å². The average molecular weight is 427 g/mol. The topological polar surface area (TPSA) is 117 Å². The molecule has 0 aliphatic carbocycles. The number of nitrogens with one attached hydrogen (secondary N) is 1. The van der Waals surface area contributed by atoms with E-state index in [2.05, 4.69) is 20.5 Å². The van der Waals surface area contributed by atoms with E-state index in [1.54, 1.807) is 23.0 Å². The molecule has 0 radical (unpaired) electrons. The molecule has 6 rings (SSSR count). The van der Waals surface area contributed by atoms with E-state index >= 15 is 0 Å². The molecule has 0 unspecified atom stereocenters. The van der Waals surface area contributed by atoms with E-state index in [-0.39, 0.29) is 37.1 Å². The van der Waals surface area contributed by atoms with E-state index in [0.717, 1.165) is 32.7 Å². The molecule has 4 aromatic rings. The van der Waals surface area contributed by atoms with Crippen LogP contribution in [0, 0.1) is 0 Å². The van der Waals surface area contributed by atoms with Gasteiger partial charge < -0.3 is 0 Å². The van der Waals surface area contributed by atoms with Gasteiger partial charge in [-0.1, -0.05) is 11.3 Å². The highest BCUT2D eigenvalue weighted by atomic mass is 16.2. The number of rotatable bonds is 3. The van der Waals surface area contributed by atoms with Gasteiger partial charge >= 0.3 is 0 Å². The van der Waals surface area contributed by atoms with Gasteiger partial charge in [0.1, 0.15) is 5.69 Å². The van der Waals surface area contributed by atoms with E-state index in [1.165, 1.54) is 5.01 Å². The number of fused-ring (bicyclic) bond motifs is 2. The maximum absolute atomic E-state index is 12.8. The molecule has 1 fully saturated rings. The molecule has 3 amide bonds. The lowest BCUT2D eigenvalue weighted by molar-refractivity contribution is -0.163. The lowest BCUT2D eigenvalue weighted by Crippen LogP contribution is -2.51. The first-order valence-corrected chi connectivity index (χ1v) is 10.3. The summed E-state index contributed by atoms with van der Waals surface area (Å²) < 4.78 is 1.64. The summed E-state index contributed by atoms with van der Waals surface area (Å²) in [5, 5.41) is 18.7. The summed E-state index contributed by atoms with van der Waals surface area (Å²) in [6.07, 6.45) is 4.63. The number of hydrazine groups is 1. The minimum atomic E-state index is -0.345. The Hall–Kier alpha value is -4.34. The van der Waals surface area contributed by atoms with Crippen molar-refractivity contribution in [3.8, 4) is 16.9 Å². The van der Waals surface area contributed by atoms with Gasteiger partial charge in [0.25, 0.3) is 5.91 Å². The predicted molar refractivity (Wildman–Crippen MR) is 112 cm³/mol. The lowest BCUT2D eigenvalue weighted by atomic mass is 10.1. The number of imide groups is 1. The molecule has 1 saturated heterocycles. The fourth-order valence-electron chi connectivity index (χ4n) is 4.23. The summed E-state index contributed by atoms with van der Waals surface area (Å²) in [5.74, 6) is -1.01. The molecule has 32 heavy (non-hydrogen) atoms. The Morgan fingerprint density at radius 1 is 0.969 bits per heavy atom. The fourth-order valence-corrected chi connectivity index (χ4v) is 4.23. The third-order valence-electron chi connectivity index (χ3n) is 5.86. The van der Waals surface area contributed by atoms with Gasteiger partial charge in [-0.05, 0) is 42.3 Å². The number of carbonyl (C=O) groups is 3. The lowest BCUT2D eigenvalue weighted by Gasteiger charge is -2.32. The number of hydrogen-bond acceptors (Lipinski definition) is 6. The molecule has 2 aromatic heterocycles. The van der Waals surface area contributed by atoms with Crippen molar-refractivity contribution in [2.45, 2.75) is 25.8 Å². The van der Waals surface area contributed by atoms with Crippen molar-refractivity contribution in [3.63, 3.8) is 0 Å². The number of aromatic amines is 1. The summed E-state index contributed by atoms with van der Waals surface area (Å²) in [6.45, 7) is 0.165. The van der Waals surface area contributed by atoms with E-state index in [1.807, 2.05) is 30.5 Å². The zero-order chi connectivity index (χ0) is 21.8. The van der Waals surface area contributed by atoms with Gasteiger partial charge in [-0.3, -0.25) is 19.5 Å². The Morgan fingerprint density at radius 2 is 1.81 bits per heavy atom. The quantitative estimate of drug-likeness (QED) is 0.501. The van der Waals surface area contributed by atoms with Crippen LogP contribution in [0.5, 0.6) is 0 Å². The van der Waals surface area contributed by atoms with Gasteiger partial charge in [-0.2, -0.15) is 10.1 Å². The molecule has 0 spiro atoms. The van der Waals surface area contributed by atoms with Crippen LogP contribution in [0.25, 0.3) is 27.8 Å². The number of benzene rings is 2. The summed E-state index contributed by atoms with van der Waals surface area (Å²) in [6, 6.07) is 11.2. The van der Waals surface area contributed by atoms with E-state index in [4.69, 9.17) is 0 Å². The minimum absolute atomic E-state index is 0.165. The van der Waals surface area contributed by atoms with Crippen LogP contribution < -0.4 is 0 Å². The summed E-state index contributed by atoms with van der Waals surface area (Å²) in [5.41, 5.74) is 4.50. The molecule has 1 N–H and O–H groups in total. The van der Waals surface area contributed by atoms with Crippen LogP contribution in [0.1, 0.15) is 35.2 Å². The first kappa shape index (κ1) is 18.4. The van der Waals surface area contributed by atoms with Gasteiger partial charge in [0.05, 0.1) is 30.1 Å². The van der Waals surface area contributed by atoms with Gasteiger partial charge in [0.2, 0.25) is 11.8 Å². The molecule has 0 saturated carbocycles. The third-order valence-corrected chi connectivity index (χ3v) is 5.86. The van der Waals surface area contributed by atoms with Gasteiger partial charge in [0.15, 0.2) is 0 Å². The SMILES string of the molecule is O=C1c2ccc(-n3cc(-c4ccc5[nH]ncc5c4)nn3)cc2CN1N1C(=O)CCCC1=O. The van der Waals surface area contributed by atoms with Crippen molar-refractivity contribution in [2.24, 2.45) is 0 Å². The van der Waals surface area contributed by atoms with E-state index in [9.17, 15) is 14.4 Å². The predicted octanol–water partition coefficient (Wildman–Crippen LogP) is 2.22. The Balaban J connectivity index is 1.30. The summed E-state index contributed by atoms with van der Waals surface area (Å²) >= 11 is 0. The van der Waals surface area contributed by atoms with Crippen molar-refractivity contribution in [2.75, 3.05) is 0 Å². The highest BCUT2D eigenvalue weighted by Crippen LogP contribution is 2.29. The standard InChI is InChI=1S/C22H17N7O3/c30-20-2-1-3-21(31)29(20)28-11-15-9-16(5-6-17(15)22(28)32)27-12-19(25-26-27)13-4-7-18-14(8-13)10-23-24-18/h4-10,12H,1-3,11H2,(H,23,24). The Labute approximate surface area is 181 Å². The molecular formula is C22H17N7O3. The monoisotopic (exact) mass is 427 g/mol. The van der Waals surface area contributed by atoms with Crippen LogP contribution in [0.15, 0.2) is 48.8 Å². The molecule has 10 nitrogen and oxygen atoms in total. The van der Waals surface area contributed by atoms with Crippen LogP contribution in [-0.4, -0.2) is 52.9 Å². The van der Waals surface area contributed by atoms with Crippen LogP contribution in [0.2, 0.25) is 0 Å². The highest BCUT2D eigenvalue weighted by Gasteiger charge is 2.39. The maximum Gasteiger partial charge on any atom is 0.273 e. The van der Waals surface area contributed by atoms with Crippen LogP contribution in [0.4, 0.5) is 0 Å². The zero-order valence-electron chi connectivity index (χ0n) is 16.9. The van der Waals surface area contributed by atoms with E-state index < -0.39 is 0 Å². The second-order valence-corrected chi connectivity index (χ2v) is 7.88. The van der Waals surface area contributed by atoms with Crippen molar-refractivity contribution in [1.82, 2.24) is 35.2 Å². The normalized spacial score (nSPS) is 16.3. The smallest absolute Gasteiger partial charge is 0.273 e. The number of nitrogens with zero attached hydrogens (tertiary/aromatic N) is 6. The molecule has 0 bridgehead atoms. The zero-order valence-corrected chi connectivity index (χ0v) is 16.9. The number of carbonyl (C=O) groups excluding carboxylic acids is 3.